The Kier molecular flexibility index (Phi) is 2.61. The Morgan fingerprint density at radius 3 is 2.75 bits per heavy atom. The predicted octanol–water partition coefficient (Wildman–Crippen LogP) is -0.667. The quantitative estimate of drug-likeness (QED) is 0.639. The highest BCUT2D eigenvalue weighted by Gasteiger charge is 2.08. The Labute approximate surface area is 91.7 Å². The van der Waals surface area contributed by atoms with Crippen LogP contribution < -0.4 is 11.3 Å². The largest absolute Gasteiger partial charge is 0.369 e. The van der Waals surface area contributed by atoms with Crippen molar-refractivity contribution in [2.75, 3.05) is 26.4 Å². The van der Waals surface area contributed by atoms with Crippen LogP contribution in [0.4, 0.5) is 5.95 Å². The van der Waals surface area contributed by atoms with Crippen LogP contribution in [0, 0.1) is 0 Å². The van der Waals surface area contributed by atoms with Crippen LogP contribution in [0.15, 0.2) is 4.79 Å². The van der Waals surface area contributed by atoms with Gasteiger partial charge in [0.15, 0.2) is 11.2 Å². The second kappa shape index (κ2) is 3.93. The van der Waals surface area contributed by atoms with E-state index in [9.17, 15) is 4.79 Å². The highest BCUT2D eigenvalue weighted by atomic mass is 16.1. The summed E-state index contributed by atoms with van der Waals surface area (Å²) in [5, 5.41) is 0. The fourth-order valence-corrected chi connectivity index (χ4v) is 1.42. The molecule has 16 heavy (non-hydrogen) atoms. The number of nitrogens with zero attached hydrogens (tertiary/aromatic N) is 3. The summed E-state index contributed by atoms with van der Waals surface area (Å²) in [6.45, 7) is 0.854. The Balaban J connectivity index is 2.36. The molecule has 0 aliphatic rings. The van der Waals surface area contributed by atoms with Crippen molar-refractivity contribution in [2.24, 2.45) is 0 Å². The summed E-state index contributed by atoms with van der Waals surface area (Å²) in [5.41, 5.74) is 5.89. The van der Waals surface area contributed by atoms with Crippen molar-refractivity contribution in [2.45, 2.75) is 6.42 Å². The molecule has 7 heteroatoms. The van der Waals surface area contributed by atoms with E-state index in [4.69, 9.17) is 5.73 Å². The summed E-state index contributed by atoms with van der Waals surface area (Å²) in [4.78, 5) is 27.1. The first-order valence-electron chi connectivity index (χ1n) is 4.95. The third-order valence-corrected chi connectivity index (χ3v) is 2.22. The number of hydrogen-bond donors (Lipinski definition) is 3. The maximum atomic E-state index is 11.5. The molecule has 2 rings (SSSR count). The van der Waals surface area contributed by atoms with E-state index in [-0.39, 0.29) is 11.5 Å². The van der Waals surface area contributed by atoms with E-state index in [0.29, 0.717) is 11.2 Å². The molecule has 0 aliphatic carbocycles. The second-order valence-electron chi connectivity index (χ2n) is 3.89. The molecule has 0 aliphatic heterocycles. The fourth-order valence-electron chi connectivity index (χ4n) is 1.42. The average molecular weight is 222 g/mol. The van der Waals surface area contributed by atoms with Gasteiger partial charge in [0.1, 0.15) is 5.82 Å². The summed E-state index contributed by atoms with van der Waals surface area (Å²) >= 11 is 0. The van der Waals surface area contributed by atoms with E-state index < -0.39 is 0 Å². The van der Waals surface area contributed by atoms with Gasteiger partial charge in [-0.15, -0.1) is 0 Å². The number of anilines is 1. The number of aromatic amines is 2. The molecule has 0 fully saturated rings. The molecule has 0 unspecified atom stereocenters. The monoisotopic (exact) mass is 222 g/mol. The zero-order chi connectivity index (χ0) is 11.7. The Morgan fingerprint density at radius 2 is 2.06 bits per heavy atom. The number of imidazole rings is 1. The van der Waals surface area contributed by atoms with Crippen LogP contribution in [-0.4, -0.2) is 45.5 Å². The van der Waals surface area contributed by atoms with E-state index in [1.807, 2.05) is 19.0 Å². The smallest absolute Gasteiger partial charge is 0.278 e. The lowest BCUT2D eigenvalue weighted by atomic mass is 10.4. The maximum absolute atomic E-state index is 11.5. The highest BCUT2D eigenvalue weighted by Crippen LogP contribution is 2.05. The minimum absolute atomic E-state index is 0.0863. The topological polar surface area (TPSA) is 104 Å². The van der Waals surface area contributed by atoms with Gasteiger partial charge in [0, 0.05) is 13.0 Å². The van der Waals surface area contributed by atoms with Crippen LogP contribution >= 0.6 is 0 Å². The first-order valence-corrected chi connectivity index (χ1v) is 4.95. The van der Waals surface area contributed by atoms with Crippen molar-refractivity contribution in [3.8, 4) is 0 Å². The van der Waals surface area contributed by atoms with Crippen molar-refractivity contribution in [3.63, 3.8) is 0 Å². The van der Waals surface area contributed by atoms with Gasteiger partial charge in [-0.2, -0.15) is 4.98 Å². The van der Waals surface area contributed by atoms with Crippen molar-refractivity contribution >= 4 is 17.1 Å². The molecule has 2 aromatic heterocycles. The first-order chi connectivity index (χ1) is 7.56. The van der Waals surface area contributed by atoms with Crippen LogP contribution in [0.3, 0.4) is 0 Å². The van der Waals surface area contributed by atoms with Gasteiger partial charge in [-0.1, -0.05) is 0 Å². The molecule has 0 atom stereocenters. The Bertz CT molecular complexity index is 555. The van der Waals surface area contributed by atoms with Crippen LogP contribution in [0.25, 0.3) is 11.2 Å². The molecule has 0 saturated carbocycles. The molecule has 7 nitrogen and oxygen atoms in total. The fraction of sp³-hybridized carbons (Fsp3) is 0.444. The van der Waals surface area contributed by atoms with Gasteiger partial charge >= 0.3 is 0 Å². The first kappa shape index (κ1) is 10.6. The van der Waals surface area contributed by atoms with Crippen LogP contribution in [0.2, 0.25) is 0 Å². The standard InChI is InChI=1S/C9H14N6O/c1-15(2)4-3-5-11-6-7(12-5)13-9(10)14-8(6)16/h3-4H2,1-2H3,(H4,10,11,12,13,14,16). The van der Waals surface area contributed by atoms with Crippen molar-refractivity contribution in [3.05, 3.63) is 16.2 Å². The van der Waals surface area contributed by atoms with E-state index in [1.165, 1.54) is 0 Å². The highest BCUT2D eigenvalue weighted by molar-refractivity contribution is 5.70. The number of rotatable bonds is 3. The molecule has 0 bridgehead atoms. The minimum Gasteiger partial charge on any atom is -0.369 e. The van der Waals surface area contributed by atoms with Gasteiger partial charge < -0.3 is 15.6 Å². The number of nitrogen functional groups attached to an aromatic ring is 1. The summed E-state index contributed by atoms with van der Waals surface area (Å²) < 4.78 is 0. The molecular formula is C9H14N6O. The number of nitrogens with one attached hydrogen (secondary N) is 2. The summed E-state index contributed by atoms with van der Waals surface area (Å²) in [6.07, 6.45) is 0.739. The lowest BCUT2D eigenvalue weighted by Gasteiger charge is -2.06. The van der Waals surface area contributed by atoms with Gasteiger partial charge in [-0.05, 0) is 14.1 Å². The zero-order valence-electron chi connectivity index (χ0n) is 9.24. The van der Waals surface area contributed by atoms with Crippen LogP contribution in [0.1, 0.15) is 5.82 Å². The van der Waals surface area contributed by atoms with Crippen molar-refractivity contribution < 1.29 is 0 Å². The van der Waals surface area contributed by atoms with Gasteiger partial charge in [-0.3, -0.25) is 9.78 Å². The van der Waals surface area contributed by atoms with Crippen LogP contribution in [0.5, 0.6) is 0 Å². The third kappa shape index (κ3) is 2.03. The molecule has 2 aromatic rings. The maximum Gasteiger partial charge on any atom is 0.278 e. The SMILES string of the molecule is CN(C)CCc1nc2nc(N)[nH]c(=O)c2[nH]1. The lowest BCUT2D eigenvalue weighted by Crippen LogP contribution is -2.15. The molecule has 0 spiro atoms. The average Bonchev–Trinajstić information content (AvgIpc) is 2.57. The van der Waals surface area contributed by atoms with Crippen molar-refractivity contribution in [1.82, 2.24) is 24.8 Å². The number of hydrogen-bond acceptors (Lipinski definition) is 5. The molecule has 86 valence electrons. The molecule has 2 heterocycles. The molecule has 0 saturated heterocycles. The summed E-state index contributed by atoms with van der Waals surface area (Å²) in [7, 11) is 3.96. The molecule has 0 radical (unpaired) electrons. The summed E-state index contributed by atoms with van der Waals surface area (Å²) in [6, 6.07) is 0. The predicted molar refractivity (Wildman–Crippen MR) is 61.2 cm³/mol. The molecule has 0 amide bonds. The van der Waals surface area contributed by atoms with Gasteiger partial charge in [0.2, 0.25) is 5.95 Å². The number of fused-ring (bicyclic) bond motifs is 1. The molecule has 4 N–H and O–H groups in total. The van der Waals surface area contributed by atoms with E-state index >= 15 is 0 Å². The lowest BCUT2D eigenvalue weighted by molar-refractivity contribution is 0.410. The van der Waals surface area contributed by atoms with E-state index in [2.05, 4.69) is 19.9 Å². The number of likely N-dealkylation sites (N-methyl/N-ethyl adjacent to an activating group) is 1. The zero-order valence-corrected chi connectivity index (χ0v) is 9.24. The van der Waals surface area contributed by atoms with Gasteiger partial charge in [0.05, 0.1) is 0 Å². The Morgan fingerprint density at radius 1 is 1.31 bits per heavy atom. The minimum atomic E-state index is -0.286. The molecular weight excluding hydrogens is 208 g/mol. The Hall–Kier alpha value is -1.89. The van der Waals surface area contributed by atoms with Crippen LogP contribution in [-0.2, 0) is 6.42 Å². The van der Waals surface area contributed by atoms with E-state index in [1.54, 1.807) is 0 Å². The number of nitrogens with two attached hydrogens (primary N) is 1. The number of aromatic nitrogens is 4. The van der Waals surface area contributed by atoms with Gasteiger partial charge in [0.25, 0.3) is 5.56 Å². The number of H-pyrrole nitrogens is 2. The third-order valence-electron chi connectivity index (χ3n) is 2.22. The summed E-state index contributed by atoms with van der Waals surface area (Å²) in [5.74, 6) is 0.829. The van der Waals surface area contributed by atoms with Crippen molar-refractivity contribution in [1.29, 1.82) is 0 Å². The van der Waals surface area contributed by atoms with E-state index in [0.717, 1.165) is 18.8 Å². The molecule has 0 aromatic carbocycles. The van der Waals surface area contributed by atoms with Gasteiger partial charge in [-0.25, -0.2) is 4.98 Å². The second-order valence-corrected chi connectivity index (χ2v) is 3.89. The normalized spacial score (nSPS) is 11.4.